The van der Waals surface area contributed by atoms with Crippen molar-refractivity contribution in [1.29, 1.82) is 0 Å². The van der Waals surface area contributed by atoms with Crippen LogP contribution < -0.4 is 11.1 Å². The minimum Gasteiger partial charge on any atom is -0.396 e. The summed E-state index contributed by atoms with van der Waals surface area (Å²) in [5, 5.41) is 3.39. The molecule has 2 heterocycles. The van der Waals surface area contributed by atoms with Crippen LogP contribution in [0.1, 0.15) is 22.7 Å². The van der Waals surface area contributed by atoms with Crippen molar-refractivity contribution in [2.75, 3.05) is 11.1 Å². The van der Waals surface area contributed by atoms with Crippen LogP contribution in [0.5, 0.6) is 0 Å². The molecule has 2 rings (SSSR count). The van der Waals surface area contributed by atoms with Crippen molar-refractivity contribution >= 4 is 22.7 Å². The number of nitrogens with one attached hydrogen (secondary N) is 1. The second kappa shape index (κ2) is 4.53. The van der Waals surface area contributed by atoms with Crippen LogP contribution in [0.2, 0.25) is 0 Å². The molecule has 0 amide bonds. The Morgan fingerprint density at radius 3 is 2.81 bits per heavy atom. The van der Waals surface area contributed by atoms with E-state index in [1.807, 2.05) is 6.07 Å². The van der Waals surface area contributed by atoms with Gasteiger partial charge in [-0.25, -0.2) is 0 Å². The summed E-state index contributed by atoms with van der Waals surface area (Å²) in [4.78, 5) is 6.61. The molecule has 84 valence electrons. The standard InChI is InChI=1S/C12H15N3S/c1-8-3-4-12(16-8)9(2)15-11-5-6-14-7-10(11)13/h3-7,9H,13H2,1-2H3,(H,14,15). The van der Waals surface area contributed by atoms with E-state index in [1.165, 1.54) is 9.75 Å². The fourth-order valence-corrected chi connectivity index (χ4v) is 2.41. The van der Waals surface area contributed by atoms with E-state index >= 15 is 0 Å². The van der Waals surface area contributed by atoms with Crippen molar-refractivity contribution in [2.45, 2.75) is 19.9 Å². The van der Waals surface area contributed by atoms with Gasteiger partial charge in [0.05, 0.1) is 23.6 Å². The molecule has 3 N–H and O–H groups in total. The maximum atomic E-state index is 5.83. The molecule has 4 heteroatoms. The summed E-state index contributed by atoms with van der Waals surface area (Å²) in [6.45, 7) is 4.24. The highest BCUT2D eigenvalue weighted by Gasteiger charge is 2.08. The lowest BCUT2D eigenvalue weighted by molar-refractivity contribution is 0.908. The predicted octanol–water partition coefficient (Wildman–Crippen LogP) is 3.21. The number of hydrogen-bond acceptors (Lipinski definition) is 4. The van der Waals surface area contributed by atoms with Gasteiger partial charge < -0.3 is 11.1 Å². The molecular weight excluding hydrogens is 218 g/mol. The van der Waals surface area contributed by atoms with Crippen LogP contribution in [0.15, 0.2) is 30.6 Å². The van der Waals surface area contributed by atoms with E-state index in [-0.39, 0.29) is 6.04 Å². The van der Waals surface area contributed by atoms with Gasteiger partial charge in [-0.15, -0.1) is 11.3 Å². The Balaban J connectivity index is 2.13. The zero-order valence-electron chi connectivity index (χ0n) is 9.40. The summed E-state index contributed by atoms with van der Waals surface area (Å²) >= 11 is 1.80. The second-order valence-corrected chi connectivity index (χ2v) is 5.10. The van der Waals surface area contributed by atoms with Gasteiger partial charge in [0.15, 0.2) is 0 Å². The number of thiophene rings is 1. The molecule has 0 spiro atoms. The monoisotopic (exact) mass is 233 g/mol. The number of rotatable bonds is 3. The lowest BCUT2D eigenvalue weighted by atomic mass is 10.2. The lowest BCUT2D eigenvalue weighted by Gasteiger charge is -2.14. The molecule has 0 saturated carbocycles. The molecule has 0 aliphatic carbocycles. The molecule has 0 radical (unpaired) electrons. The number of pyridine rings is 1. The first kappa shape index (κ1) is 11.0. The van der Waals surface area contributed by atoms with Crippen molar-refractivity contribution in [3.8, 4) is 0 Å². The fourth-order valence-electron chi connectivity index (χ4n) is 1.53. The second-order valence-electron chi connectivity index (χ2n) is 3.78. The van der Waals surface area contributed by atoms with E-state index in [4.69, 9.17) is 5.73 Å². The van der Waals surface area contributed by atoms with Crippen molar-refractivity contribution in [3.63, 3.8) is 0 Å². The number of aromatic nitrogens is 1. The summed E-state index contributed by atoms with van der Waals surface area (Å²) in [6, 6.07) is 6.44. The first-order valence-electron chi connectivity index (χ1n) is 5.19. The summed E-state index contributed by atoms with van der Waals surface area (Å²) in [7, 11) is 0. The Morgan fingerprint density at radius 1 is 1.38 bits per heavy atom. The molecule has 2 aromatic heterocycles. The van der Waals surface area contributed by atoms with Gasteiger partial charge in [0, 0.05) is 16.0 Å². The van der Waals surface area contributed by atoms with Crippen LogP contribution in [0.25, 0.3) is 0 Å². The zero-order chi connectivity index (χ0) is 11.5. The van der Waals surface area contributed by atoms with Crippen LogP contribution in [0.3, 0.4) is 0 Å². The van der Waals surface area contributed by atoms with Crippen LogP contribution in [-0.4, -0.2) is 4.98 Å². The SMILES string of the molecule is Cc1ccc(C(C)Nc2ccncc2N)s1. The molecule has 1 atom stereocenters. The number of hydrogen-bond donors (Lipinski definition) is 2. The summed E-state index contributed by atoms with van der Waals surface area (Å²) in [6.07, 6.45) is 3.40. The molecule has 2 aromatic rings. The maximum Gasteiger partial charge on any atom is 0.0736 e. The number of nitrogens with two attached hydrogens (primary N) is 1. The summed E-state index contributed by atoms with van der Waals surface area (Å²) < 4.78 is 0. The van der Waals surface area contributed by atoms with Crippen LogP contribution in [0.4, 0.5) is 11.4 Å². The Bertz CT molecular complexity index is 479. The Labute approximate surface area is 99.3 Å². The van der Waals surface area contributed by atoms with E-state index in [1.54, 1.807) is 23.7 Å². The summed E-state index contributed by atoms with van der Waals surface area (Å²) in [5.74, 6) is 0. The summed E-state index contributed by atoms with van der Waals surface area (Å²) in [5.41, 5.74) is 7.45. The Morgan fingerprint density at radius 2 is 2.19 bits per heavy atom. The molecule has 16 heavy (non-hydrogen) atoms. The molecule has 0 bridgehead atoms. The molecule has 1 unspecified atom stereocenters. The normalized spacial score (nSPS) is 12.4. The van der Waals surface area contributed by atoms with Gasteiger partial charge in [-0.2, -0.15) is 0 Å². The fraction of sp³-hybridized carbons (Fsp3) is 0.250. The van der Waals surface area contributed by atoms with Crippen LogP contribution >= 0.6 is 11.3 Å². The molecule has 0 aromatic carbocycles. The maximum absolute atomic E-state index is 5.83. The predicted molar refractivity (Wildman–Crippen MR) is 69.7 cm³/mol. The van der Waals surface area contributed by atoms with E-state index in [0.717, 1.165) is 5.69 Å². The smallest absolute Gasteiger partial charge is 0.0736 e. The average molecular weight is 233 g/mol. The lowest BCUT2D eigenvalue weighted by Crippen LogP contribution is -2.06. The van der Waals surface area contributed by atoms with Gasteiger partial charge in [-0.1, -0.05) is 0 Å². The minimum absolute atomic E-state index is 0.267. The van der Waals surface area contributed by atoms with Gasteiger partial charge in [-0.05, 0) is 32.0 Å². The van der Waals surface area contributed by atoms with E-state index in [2.05, 4.69) is 36.3 Å². The first-order valence-corrected chi connectivity index (χ1v) is 6.01. The molecular formula is C12H15N3S. The highest BCUT2D eigenvalue weighted by molar-refractivity contribution is 7.12. The molecule has 0 aliphatic rings. The van der Waals surface area contributed by atoms with Gasteiger partial charge in [0.2, 0.25) is 0 Å². The van der Waals surface area contributed by atoms with Crippen LogP contribution in [0, 0.1) is 6.92 Å². The third-order valence-electron chi connectivity index (χ3n) is 2.41. The molecule has 0 aliphatic heterocycles. The minimum atomic E-state index is 0.267. The largest absolute Gasteiger partial charge is 0.396 e. The number of nitrogen functional groups attached to an aromatic ring is 1. The Kier molecular flexibility index (Phi) is 3.10. The third kappa shape index (κ3) is 2.33. The molecule has 0 saturated heterocycles. The highest BCUT2D eigenvalue weighted by Crippen LogP contribution is 2.27. The number of nitrogens with zero attached hydrogens (tertiary/aromatic N) is 1. The number of anilines is 2. The Hall–Kier alpha value is -1.55. The number of aryl methyl sites for hydroxylation is 1. The topological polar surface area (TPSA) is 50.9 Å². The van der Waals surface area contributed by atoms with Crippen molar-refractivity contribution in [2.24, 2.45) is 0 Å². The van der Waals surface area contributed by atoms with Gasteiger partial charge >= 0.3 is 0 Å². The molecule has 3 nitrogen and oxygen atoms in total. The highest BCUT2D eigenvalue weighted by atomic mass is 32.1. The average Bonchev–Trinajstić information content (AvgIpc) is 2.68. The van der Waals surface area contributed by atoms with Crippen LogP contribution in [-0.2, 0) is 0 Å². The van der Waals surface area contributed by atoms with E-state index in [9.17, 15) is 0 Å². The first-order chi connectivity index (χ1) is 7.66. The van der Waals surface area contributed by atoms with Gasteiger partial charge in [0.25, 0.3) is 0 Å². The van der Waals surface area contributed by atoms with E-state index in [0.29, 0.717) is 5.69 Å². The quantitative estimate of drug-likeness (QED) is 0.856. The molecule has 0 fully saturated rings. The van der Waals surface area contributed by atoms with E-state index < -0.39 is 0 Å². The van der Waals surface area contributed by atoms with Gasteiger partial charge in [-0.3, -0.25) is 4.98 Å². The van der Waals surface area contributed by atoms with Crippen molar-refractivity contribution in [3.05, 3.63) is 40.3 Å². The van der Waals surface area contributed by atoms with Crippen molar-refractivity contribution in [1.82, 2.24) is 4.98 Å². The van der Waals surface area contributed by atoms with Gasteiger partial charge in [0.1, 0.15) is 0 Å². The van der Waals surface area contributed by atoms with Crippen molar-refractivity contribution < 1.29 is 0 Å². The zero-order valence-corrected chi connectivity index (χ0v) is 10.2. The third-order valence-corrected chi connectivity index (χ3v) is 3.60.